The Balaban J connectivity index is 1.24. The topological polar surface area (TPSA) is 57.8 Å². The quantitative estimate of drug-likeness (QED) is 0.210. The minimum atomic E-state index is -0.184. The van der Waals surface area contributed by atoms with Gasteiger partial charge in [-0.2, -0.15) is 5.10 Å². The number of hydrogen-bond acceptors (Lipinski definition) is 4. The first-order valence-corrected chi connectivity index (χ1v) is 15.0. The normalized spacial score (nSPS) is 13.8. The lowest BCUT2D eigenvalue weighted by molar-refractivity contribution is 0.483. The highest BCUT2D eigenvalue weighted by atomic mass is 16.5. The zero-order valence-corrected chi connectivity index (χ0v) is 25.5. The summed E-state index contributed by atoms with van der Waals surface area (Å²) < 4.78 is 10.7. The fourth-order valence-corrected chi connectivity index (χ4v) is 6.51. The Morgan fingerprint density at radius 2 is 1.57 bits per heavy atom. The van der Waals surface area contributed by atoms with Crippen molar-refractivity contribution in [2.24, 2.45) is 0 Å². The van der Waals surface area contributed by atoms with Gasteiger partial charge in [0.15, 0.2) is 0 Å². The maximum atomic E-state index is 6.51. The molecule has 0 bridgehead atoms. The maximum absolute atomic E-state index is 6.51. The van der Waals surface area contributed by atoms with E-state index in [0.29, 0.717) is 0 Å². The van der Waals surface area contributed by atoms with E-state index in [0.717, 1.165) is 39.6 Å². The highest BCUT2D eigenvalue weighted by Gasteiger charge is 2.37. The summed E-state index contributed by atoms with van der Waals surface area (Å²) in [5, 5.41) is 7.05. The van der Waals surface area contributed by atoms with Gasteiger partial charge in [-0.3, -0.25) is 9.55 Å². The highest BCUT2D eigenvalue weighted by Crippen LogP contribution is 2.48. The van der Waals surface area contributed by atoms with Crippen molar-refractivity contribution >= 4 is 21.8 Å². The van der Waals surface area contributed by atoms with Gasteiger partial charge in [0.25, 0.3) is 0 Å². The molecule has 0 spiro atoms. The first-order chi connectivity index (χ1) is 21.2. The molecule has 7 aromatic rings. The van der Waals surface area contributed by atoms with Crippen LogP contribution in [0, 0.1) is 0 Å². The van der Waals surface area contributed by atoms with Crippen LogP contribution in [0.15, 0.2) is 110 Å². The monoisotopic (exact) mass is 575 g/mol. The summed E-state index contributed by atoms with van der Waals surface area (Å²) in [6.07, 6.45) is 9.36. The molecular weight excluding hydrogens is 542 g/mol. The summed E-state index contributed by atoms with van der Waals surface area (Å²) in [4.78, 5) is 9.04. The number of aromatic nitrogens is 5. The summed E-state index contributed by atoms with van der Waals surface area (Å²) in [5.74, 6) is 2.50. The van der Waals surface area contributed by atoms with Gasteiger partial charge in [0, 0.05) is 64.2 Å². The van der Waals surface area contributed by atoms with E-state index >= 15 is 0 Å². The lowest BCUT2D eigenvalue weighted by Gasteiger charge is -2.35. The average Bonchev–Trinajstić information content (AvgIpc) is 3.64. The molecule has 216 valence electrons. The second-order valence-corrected chi connectivity index (χ2v) is 13.2. The third kappa shape index (κ3) is 4.05. The molecule has 0 unspecified atom stereocenters. The van der Waals surface area contributed by atoms with Crippen LogP contribution in [0.4, 0.5) is 0 Å². The van der Waals surface area contributed by atoms with Crippen molar-refractivity contribution in [3.05, 3.63) is 127 Å². The van der Waals surface area contributed by atoms with Gasteiger partial charge >= 0.3 is 0 Å². The number of pyridine rings is 2. The molecule has 6 nitrogen and oxygen atoms in total. The summed E-state index contributed by atoms with van der Waals surface area (Å²) in [6, 6.07) is 27.4. The number of benzene rings is 3. The summed E-state index contributed by atoms with van der Waals surface area (Å²) >= 11 is 0. The van der Waals surface area contributed by atoms with Crippen molar-refractivity contribution in [2.75, 3.05) is 0 Å². The molecule has 8 rings (SSSR count). The van der Waals surface area contributed by atoms with Crippen LogP contribution in [0.3, 0.4) is 0 Å². The molecule has 4 aromatic heterocycles. The van der Waals surface area contributed by atoms with Gasteiger partial charge in [0.2, 0.25) is 0 Å². The van der Waals surface area contributed by atoms with E-state index in [9.17, 15) is 0 Å². The van der Waals surface area contributed by atoms with E-state index in [1.807, 2.05) is 65.7 Å². The molecule has 1 aliphatic rings. The second kappa shape index (κ2) is 9.38. The van der Waals surface area contributed by atoms with Crippen LogP contribution in [0.5, 0.6) is 11.5 Å². The zero-order valence-electron chi connectivity index (χ0n) is 25.5. The van der Waals surface area contributed by atoms with E-state index in [-0.39, 0.29) is 10.8 Å². The van der Waals surface area contributed by atoms with Gasteiger partial charge in [-0.15, -0.1) is 0 Å². The van der Waals surface area contributed by atoms with Gasteiger partial charge in [-0.1, -0.05) is 52.8 Å². The van der Waals surface area contributed by atoms with Crippen molar-refractivity contribution in [3.8, 4) is 34.1 Å². The SMILES string of the molecule is CC(C)(C)c1cc2c3c(c1)c1ccc(Oc4cccc(-n5cc(-c6ccncc6)cn5)c4)cc1n3-c1ncccc1C2(C)C. The minimum absolute atomic E-state index is 0.0200. The molecule has 1 aliphatic heterocycles. The average molecular weight is 576 g/mol. The van der Waals surface area contributed by atoms with E-state index < -0.39 is 0 Å². The lowest BCUT2D eigenvalue weighted by Crippen LogP contribution is -2.28. The van der Waals surface area contributed by atoms with Crippen molar-refractivity contribution in [2.45, 2.75) is 45.4 Å². The molecular formula is C38H33N5O. The third-order valence-corrected chi connectivity index (χ3v) is 8.96. The molecule has 0 saturated carbocycles. The lowest BCUT2D eigenvalue weighted by atomic mass is 9.73. The molecule has 0 N–H and O–H groups in total. The first kappa shape index (κ1) is 26.4. The van der Waals surface area contributed by atoms with Crippen LogP contribution in [0.1, 0.15) is 51.3 Å². The van der Waals surface area contributed by atoms with Crippen LogP contribution >= 0.6 is 0 Å². The van der Waals surface area contributed by atoms with E-state index in [1.54, 1.807) is 12.4 Å². The summed E-state index contributed by atoms with van der Waals surface area (Å²) in [7, 11) is 0. The predicted molar refractivity (Wildman–Crippen MR) is 176 cm³/mol. The fourth-order valence-electron chi connectivity index (χ4n) is 6.51. The number of ether oxygens (including phenoxy) is 1. The van der Waals surface area contributed by atoms with Crippen LogP contribution < -0.4 is 4.74 Å². The molecule has 0 aliphatic carbocycles. The Hall–Kier alpha value is -5.23. The van der Waals surface area contributed by atoms with Gasteiger partial charge < -0.3 is 4.74 Å². The van der Waals surface area contributed by atoms with Gasteiger partial charge in [0.1, 0.15) is 17.3 Å². The Morgan fingerprint density at radius 3 is 2.39 bits per heavy atom. The highest BCUT2D eigenvalue weighted by molar-refractivity contribution is 6.12. The van der Waals surface area contributed by atoms with Crippen molar-refractivity contribution < 1.29 is 4.74 Å². The Morgan fingerprint density at radius 1 is 0.750 bits per heavy atom. The molecule has 0 atom stereocenters. The number of nitrogens with zero attached hydrogens (tertiary/aromatic N) is 5. The van der Waals surface area contributed by atoms with Gasteiger partial charge in [-0.05, 0) is 70.6 Å². The standard InChI is InChI=1S/C38H33N5O/c1-37(2,3)26-18-31-30-12-11-29(21-34(30)43-35(31)33(19-26)38(4,5)32-10-7-15-40-36(32)43)44-28-9-6-8-27(20-28)42-23-25(22-41-42)24-13-16-39-17-14-24/h6-23H,1-5H3. The van der Waals surface area contributed by atoms with Crippen molar-refractivity contribution in [1.29, 1.82) is 0 Å². The molecule has 3 aromatic carbocycles. The van der Waals surface area contributed by atoms with Crippen LogP contribution in [0.25, 0.3) is 44.4 Å². The maximum Gasteiger partial charge on any atom is 0.141 e. The molecule has 5 heterocycles. The second-order valence-electron chi connectivity index (χ2n) is 13.2. The molecule has 6 heteroatoms. The summed E-state index contributed by atoms with van der Waals surface area (Å²) in [5.41, 5.74) is 9.08. The fraction of sp³-hybridized carbons (Fsp3) is 0.184. The summed E-state index contributed by atoms with van der Waals surface area (Å²) in [6.45, 7) is 11.5. The molecule has 44 heavy (non-hydrogen) atoms. The van der Waals surface area contributed by atoms with E-state index in [2.05, 4.69) is 85.7 Å². The molecule has 0 fully saturated rings. The smallest absolute Gasteiger partial charge is 0.141 e. The molecule has 0 radical (unpaired) electrons. The van der Waals surface area contributed by atoms with E-state index in [1.165, 1.54) is 33.0 Å². The predicted octanol–water partition coefficient (Wildman–Crippen LogP) is 9.16. The van der Waals surface area contributed by atoms with Crippen LogP contribution in [-0.2, 0) is 10.8 Å². The number of fused-ring (bicyclic) bond motifs is 5. The van der Waals surface area contributed by atoms with Crippen molar-refractivity contribution in [3.63, 3.8) is 0 Å². The Labute approximate surface area is 256 Å². The van der Waals surface area contributed by atoms with Gasteiger partial charge in [0.05, 0.1) is 22.9 Å². The van der Waals surface area contributed by atoms with Crippen molar-refractivity contribution in [1.82, 2.24) is 24.3 Å². The Bertz CT molecular complexity index is 2220. The Kier molecular flexibility index (Phi) is 5.63. The third-order valence-electron chi connectivity index (χ3n) is 8.96. The van der Waals surface area contributed by atoms with Gasteiger partial charge in [-0.25, -0.2) is 9.67 Å². The number of hydrogen-bond donors (Lipinski definition) is 0. The van der Waals surface area contributed by atoms with Crippen LogP contribution in [-0.4, -0.2) is 24.3 Å². The zero-order chi connectivity index (χ0) is 30.2. The number of rotatable bonds is 4. The van der Waals surface area contributed by atoms with E-state index in [4.69, 9.17) is 9.72 Å². The molecule has 0 amide bonds. The minimum Gasteiger partial charge on any atom is -0.457 e. The molecule has 0 saturated heterocycles. The van der Waals surface area contributed by atoms with Crippen LogP contribution in [0.2, 0.25) is 0 Å². The largest absolute Gasteiger partial charge is 0.457 e. The first-order valence-electron chi connectivity index (χ1n) is 15.0.